The molecule has 0 amide bonds. The van der Waals surface area contributed by atoms with E-state index in [0.29, 0.717) is 6.04 Å². The van der Waals surface area contributed by atoms with Crippen molar-refractivity contribution in [2.45, 2.75) is 38.6 Å². The molecule has 0 aromatic heterocycles. The number of benzene rings is 1. The van der Waals surface area contributed by atoms with Crippen molar-refractivity contribution < 1.29 is 4.74 Å². The van der Waals surface area contributed by atoms with Gasteiger partial charge in [-0.3, -0.25) is 0 Å². The van der Waals surface area contributed by atoms with Gasteiger partial charge in [0.25, 0.3) is 0 Å². The number of hydrogen-bond acceptors (Lipinski definition) is 2. The van der Waals surface area contributed by atoms with Crippen LogP contribution in [0.3, 0.4) is 0 Å². The van der Waals surface area contributed by atoms with E-state index >= 15 is 0 Å². The summed E-state index contributed by atoms with van der Waals surface area (Å²) in [6, 6.07) is 9.14. The first-order valence-corrected chi connectivity index (χ1v) is 6.69. The second-order valence-electron chi connectivity index (χ2n) is 4.89. The first-order valence-electron chi connectivity index (χ1n) is 6.69. The van der Waals surface area contributed by atoms with Gasteiger partial charge in [-0.2, -0.15) is 0 Å². The summed E-state index contributed by atoms with van der Waals surface area (Å²) in [6.07, 6.45) is 5.21. The van der Waals surface area contributed by atoms with Crippen molar-refractivity contribution in [3.8, 4) is 5.75 Å². The fourth-order valence-electron chi connectivity index (χ4n) is 2.42. The normalized spacial score (nSPS) is 16.8. The molecule has 0 radical (unpaired) electrons. The molecule has 0 bridgehead atoms. The zero-order valence-electron chi connectivity index (χ0n) is 10.9. The van der Waals surface area contributed by atoms with Crippen LogP contribution in [0.25, 0.3) is 0 Å². The van der Waals surface area contributed by atoms with Gasteiger partial charge in [0, 0.05) is 6.04 Å². The Balaban J connectivity index is 1.86. The summed E-state index contributed by atoms with van der Waals surface area (Å²) in [5, 5.41) is 3.61. The lowest BCUT2D eigenvalue weighted by Gasteiger charge is -2.17. The van der Waals surface area contributed by atoms with Gasteiger partial charge < -0.3 is 10.1 Å². The van der Waals surface area contributed by atoms with E-state index < -0.39 is 0 Å². The average molecular weight is 233 g/mol. The lowest BCUT2D eigenvalue weighted by molar-refractivity contribution is 0.413. The third-order valence-corrected chi connectivity index (χ3v) is 3.54. The molecule has 1 N–H and O–H groups in total. The molecule has 94 valence electrons. The molecule has 1 aliphatic carbocycles. The third kappa shape index (κ3) is 3.74. The van der Waals surface area contributed by atoms with E-state index in [-0.39, 0.29) is 0 Å². The van der Waals surface area contributed by atoms with E-state index in [1.165, 1.54) is 24.8 Å². The Morgan fingerprint density at radius 2 is 2.24 bits per heavy atom. The van der Waals surface area contributed by atoms with Gasteiger partial charge >= 0.3 is 0 Å². The van der Waals surface area contributed by atoms with Crippen LogP contribution in [0, 0.1) is 5.92 Å². The third-order valence-electron chi connectivity index (χ3n) is 3.54. The largest absolute Gasteiger partial charge is 0.497 e. The predicted octanol–water partition coefficient (Wildman–Crippen LogP) is 3.02. The quantitative estimate of drug-likeness (QED) is 0.781. The number of methoxy groups -OCH3 is 1. The van der Waals surface area contributed by atoms with Gasteiger partial charge in [0.2, 0.25) is 0 Å². The second kappa shape index (κ2) is 6.06. The van der Waals surface area contributed by atoms with Gasteiger partial charge in [0.05, 0.1) is 7.11 Å². The standard InChI is InChI=1S/C15H23NO/c1-3-16-15(13-8-9-13)10-7-12-5-4-6-14(11-12)17-2/h4-6,11,13,15-16H,3,7-10H2,1-2H3. The molecule has 2 rings (SSSR count). The van der Waals surface area contributed by atoms with Crippen LogP contribution < -0.4 is 10.1 Å². The molecule has 1 saturated carbocycles. The van der Waals surface area contributed by atoms with Crippen LogP contribution in [0.15, 0.2) is 24.3 Å². The number of rotatable bonds is 7. The summed E-state index contributed by atoms with van der Waals surface area (Å²) >= 11 is 0. The fourth-order valence-corrected chi connectivity index (χ4v) is 2.42. The zero-order valence-corrected chi connectivity index (χ0v) is 10.9. The molecule has 17 heavy (non-hydrogen) atoms. The molecule has 0 spiro atoms. The van der Waals surface area contributed by atoms with E-state index in [1.54, 1.807) is 7.11 Å². The topological polar surface area (TPSA) is 21.3 Å². The summed E-state index contributed by atoms with van der Waals surface area (Å²) < 4.78 is 5.25. The molecule has 1 aromatic rings. The number of hydrogen-bond donors (Lipinski definition) is 1. The Kier molecular flexibility index (Phi) is 4.43. The zero-order chi connectivity index (χ0) is 12.1. The highest BCUT2D eigenvalue weighted by molar-refractivity contribution is 5.28. The minimum absolute atomic E-state index is 0.714. The van der Waals surface area contributed by atoms with Gasteiger partial charge in [0.1, 0.15) is 5.75 Å². The smallest absolute Gasteiger partial charge is 0.119 e. The molecular weight excluding hydrogens is 210 g/mol. The summed E-state index contributed by atoms with van der Waals surface area (Å²) in [5.41, 5.74) is 1.38. The minimum Gasteiger partial charge on any atom is -0.497 e. The maximum Gasteiger partial charge on any atom is 0.119 e. The minimum atomic E-state index is 0.714. The highest BCUT2D eigenvalue weighted by atomic mass is 16.5. The molecule has 1 aromatic carbocycles. The molecule has 0 aliphatic heterocycles. The summed E-state index contributed by atoms with van der Waals surface area (Å²) in [5.74, 6) is 1.90. The lowest BCUT2D eigenvalue weighted by atomic mass is 10.0. The van der Waals surface area contributed by atoms with E-state index in [2.05, 4.69) is 30.4 Å². The highest BCUT2D eigenvalue weighted by Gasteiger charge is 2.29. The predicted molar refractivity (Wildman–Crippen MR) is 71.5 cm³/mol. The van der Waals surface area contributed by atoms with Crippen LogP contribution in [-0.2, 0) is 6.42 Å². The van der Waals surface area contributed by atoms with Crippen LogP contribution in [0.1, 0.15) is 31.7 Å². The molecule has 2 heteroatoms. The molecule has 1 atom stereocenters. The monoisotopic (exact) mass is 233 g/mol. The van der Waals surface area contributed by atoms with E-state index in [9.17, 15) is 0 Å². The van der Waals surface area contributed by atoms with Crippen molar-refractivity contribution in [1.29, 1.82) is 0 Å². The van der Waals surface area contributed by atoms with Crippen molar-refractivity contribution in [1.82, 2.24) is 5.32 Å². The van der Waals surface area contributed by atoms with Crippen molar-refractivity contribution in [2.24, 2.45) is 5.92 Å². The number of nitrogens with one attached hydrogen (secondary N) is 1. The maximum absolute atomic E-state index is 5.25. The van der Waals surface area contributed by atoms with Crippen molar-refractivity contribution >= 4 is 0 Å². The Morgan fingerprint density at radius 1 is 1.41 bits per heavy atom. The molecular formula is C15H23NO. The van der Waals surface area contributed by atoms with Crippen LogP contribution in [-0.4, -0.2) is 19.7 Å². The Bertz CT molecular complexity index is 347. The van der Waals surface area contributed by atoms with Crippen LogP contribution in [0.2, 0.25) is 0 Å². The van der Waals surface area contributed by atoms with E-state index in [0.717, 1.165) is 24.6 Å². The summed E-state index contributed by atoms with van der Waals surface area (Å²) in [6.45, 7) is 3.28. The molecule has 2 nitrogen and oxygen atoms in total. The van der Waals surface area contributed by atoms with Crippen LogP contribution in [0.4, 0.5) is 0 Å². The van der Waals surface area contributed by atoms with Crippen LogP contribution in [0.5, 0.6) is 5.75 Å². The van der Waals surface area contributed by atoms with Crippen molar-refractivity contribution in [3.63, 3.8) is 0 Å². The second-order valence-corrected chi connectivity index (χ2v) is 4.89. The molecule has 1 fully saturated rings. The average Bonchev–Trinajstić information content (AvgIpc) is 3.19. The van der Waals surface area contributed by atoms with Gasteiger partial charge in [-0.1, -0.05) is 19.1 Å². The number of aryl methyl sites for hydroxylation is 1. The SMILES string of the molecule is CCNC(CCc1cccc(OC)c1)C1CC1. The molecule has 0 heterocycles. The maximum atomic E-state index is 5.25. The highest BCUT2D eigenvalue weighted by Crippen LogP contribution is 2.34. The van der Waals surface area contributed by atoms with E-state index in [4.69, 9.17) is 4.74 Å². The Hall–Kier alpha value is -1.02. The molecule has 1 unspecified atom stereocenters. The first kappa shape index (κ1) is 12.4. The van der Waals surface area contributed by atoms with Crippen molar-refractivity contribution in [2.75, 3.05) is 13.7 Å². The van der Waals surface area contributed by atoms with Gasteiger partial charge in [0.15, 0.2) is 0 Å². The molecule has 0 saturated heterocycles. The van der Waals surface area contributed by atoms with E-state index in [1.807, 2.05) is 6.07 Å². The lowest BCUT2D eigenvalue weighted by Crippen LogP contribution is -2.31. The van der Waals surface area contributed by atoms with Gasteiger partial charge in [-0.05, 0) is 55.8 Å². The van der Waals surface area contributed by atoms with Gasteiger partial charge in [-0.25, -0.2) is 0 Å². The van der Waals surface area contributed by atoms with Crippen LogP contribution >= 0.6 is 0 Å². The Labute approximate surface area is 104 Å². The van der Waals surface area contributed by atoms with Gasteiger partial charge in [-0.15, -0.1) is 0 Å². The van der Waals surface area contributed by atoms with Crippen molar-refractivity contribution in [3.05, 3.63) is 29.8 Å². The first-order chi connectivity index (χ1) is 8.33. The fraction of sp³-hybridized carbons (Fsp3) is 0.600. The summed E-state index contributed by atoms with van der Waals surface area (Å²) in [7, 11) is 1.73. The molecule has 1 aliphatic rings. The Morgan fingerprint density at radius 3 is 2.88 bits per heavy atom. The summed E-state index contributed by atoms with van der Waals surface area (Å²) in [4.78, 5) is 0. The number of ether oxygens (including phenoxy) is 1.